The van der Waals surface area contributed by atoms with Gasteiger partial charge in [0, 0.05) is 35.9 Å². The summed E-state index contributed by atoms with van der Waals surface area (Å²) in [4.78, 5) is 30.8. The van der Waals surface area contributed by atoms with E-state index in [1.54, 1.807) is 10.3 Å². The second-order valence-electron chi connectivity index (χ2n) is 7.63. The van der Waals surface area contributed by atoms with Gasteiger partial charge >= 0.3 is 0 Å². The Morgan fingerprint density at radius 3 is 2.53 bits per heavy atom. The number of carbonyl (C=O) groups is 2. The molecular weight excluding hydrogens is 448 g/mol. The number of aromatic nitrogens is 1. The van der Waals surface area contributed by atoms with Crippen LogP contribution in [0, 0.1) is 19.8 Å². The number of aryl methyl sites for hydroxylation is 2. The third-order valence-corrected chi connectivity index (χ3v) is 7.56. The number of anilines is 3. The first-order chi connectivity index (χ1) is 15.2. The molecule has 1 aliphatic rings. The molecule has 1 atom stereocenters. The first-order valence-electron chi connectivity index (χ1n) is 9.94. The molecule has 3 aromatic rings. The van der Waals surface area contributed by atoms with E-state index in [2.05, 4.69) is 15.0 Å². The predicted octanol–water partition coefficient (Wildman–Crippen LogP) is 3.55. The summed E-state index contributed by atoms with van der Waals surface area (Å²) in [6.45, 7) is 4.30. The average Bonchev–Trinajstić information content (AvgIpc) is 3.40. The molecule has 2 aromatic carbocycles. The summed E-state index contributed by atoms with van der Waals surface area (Å²) < 4.78 is 27.2. The van der Waals surface area contributed by atoms with Crippen molar-refractivity contribution in [2.24, 2.45) is 5.92 Å². The molecular formula is C22H22N4O4S2. The molecule has 1 fully saturated rings. The van der Waals surface area contributed by atoms with Crippen molar-refractivity contribution >= 4 is 49.7 Å². The lowest BCUT2D eigenvalue weighted by molar-refractivity contribution is -0.122. The zero-order valence-corrected chi connectivity index (χ0v) is 19.2. The third kappa shape index (κ3) is 4.66. The lowest BCUT2D eigenvalue weighted by Gasteiger charge is -2.18. The van der Waals surface area contributed by atoms with Crippen molar-refractivity contribution in [3.05, 3.63) is 65.2 Å². The molecule has 0 bridgehead atoms. The molecule has 0 aliphatic carbocycles. The zero-order chi connectivity index (χ0) is 22.9. The summed E-state index contributed by atoms with van der Waals surface area (Å²) in [5.74, 6) is -0.858. The lowest BCUT2D eigenvalue weighted by atomic mass is 10.1. The van der Waals surface area contributed by atoms with Gasteiger partial charge in [0.2, 0.25) is 11.8 Å². The number of thiazole rings is 1. The van der Waals surface area contributed by atoms with Crippen molar-refractivity contribution in [3.63, 3.8) is 0 Å². The van der Waals surface area contributed by atoms with Gasteiger partial charge < -0.3 is 10.2 Å². The van der Waals surface area contributed by atoms with E-state index in [0.29, 0.717) is 12.2 Å². The standard InChI is InChI=1S/C22H22N4O4S2/c1-14-3-6-18(11-15(14)2)26-13-16(12-20(26)27)21(28)24-17-4-7-19(8-5-17)32(29,30)25-22-23-9-10-31-22/h3-11,16H,12-13H2,1-2H3,(H,23,25)(H,24,28)/t16-/m0/s1. The second kappa shape index (κ2) is 8.71. The number of rotatable bonds is 6. The highest BCUT2D eigenvalue weighted by Crippen LogP contribution is 2.28. The summed E-state index contributed by atoms with van der Waals surface area (Å²) in [6.07, 6.45) is 1.64. The Morgan fingerprint density at radius 1 is 1.12 bits per heavy atom. The van der Waals surface area contributed by atoms with Crippen LogP contribution in [0.1, 0.15) is 17.5 Å². The maximum absolute atomic E-state index is 12.7. The summed E-state index contributed by atoms with van der Waals surface area (Å²) in [5, 5.41) is 4.73. The van der Waals surface area contributed by atoms with E-state index in [9.17, 15) is 18.0 Å². The monoisotopic (exact) mass is 470 g/mol. The molecule has 32 heavy (non-hydrogen) atoms. The van der Waals surface area contributed by atoms with E-state index in [0.717, 1.165) is 16.8 Å². The molecule has 8 nitrogen and oxygen atoms in total. The van der Waals surface area contributed by atoms with Crippen molar-refractivity contribution in [3.8, 4) is 0 Å². The van der Waals surface area contributed by atoms with Gasteiger partial charge in [0.05, 0.1) is 10.8 Å². The number of hydrogen-bond acceptors (Lipinski definition) is 6. The lowest BCUT2D eigenvalue weighted by Crippen LogP contribution is -2.28. The molecule has 0 radical (unpaired) electrons. The van der Waals surface area contributed by atoms with Gasteiger partial charge in [-0.2, -0.15) is 0 Å². The van der Waals surface area contributed by atoms with Gasteiger partial charge in [-0.15, -0.1) is 11.3 Å². The van der Waals surface area contributed by atoms with E-state index in [1.807, 2.05) is 32.0 Å². The number of sulfonamides is 1. The van der Waals surface area contributed by atoms with Crippen LogP contribution < -0.4 is 14.9 Å². The summed E-state index contributed by atoms with van der Waals surface area (Å²) in [5.41, 5.74) is 3.47. The highest BCUT2D eigenvalue weighted by molar-refractivity contribution is 7.93. The van der Waals surface area contributed by atoms with Crippen molar-refractivity contribution < 1.29 is 18.0 Å². The Hall–Kier alpha value is -3.24. The topological polar surface area (TPSA) is 108 Å². The molecule has 0 spiro atoms. The molecule has 10 heteroatoms. The van der Waals surface area contributed by atoms with Gasteiger partial charge in [-0.05, 0) is 61.4 Å². The van der Waals surface area contributed by atoms with Gasteiger partial charge in [-0.3, -0.25) is 14.3 Å². The number of nitrogens with zero attached hydrogens (tertiary/aromatic N) is 2. The van der Waals surface area contributed by atoms with Gasteiger partial charge in [0.25, 0.3) is 10.0 Å². The Morgan fingerprint density at radius 2 is 1.88 bits per heavy atom. The molecule has 166 valence electrons. The summed E-state index contributed by atoms with van der Waals surface area (Å²) >= 11 is 1.18. The molecule has 4 rings (SSSR count). The number of carbonyl (C=O) groups excluding carboxylic acids is 2. The van der Waals surface area contributed by atoms with Crippen LogP contribution in [-0.4, -0.2) is 31.8 Å². The third-order valence-electron chi connectivity index (χ3n) is 5.38. The van der Waals surface area contributed by atoms with Crippen LogP contribution in [0.15, 0.2) is 58.9 Å². The normalized spacial score (nSPS) is 16.2. The van der Waals surface area contributed by atoms with Crippen LogP contribution >= 0.6 is 11.3 Å². The average molecular weight is 471 g/mol. The highest BCUT2D eigenvalue weighted by atomic mass is 32.2. The molecule has 1 saturated heterocycles. The van der Waals surface area contributed by atoms with E-state index >= 15 is 0 Å². The van der Waals surface area contributed by atoms with Crippen LogP contribution in [0.25, 0.3) is 0 Å². The largest absolute Gasteiger partial charge is 0.326 e. The fraction of sp³-hybridized carbons (Fsp3) is 0.227. The van der Waals surface area contributed by atoms with Crippen molar-refractivity contribution in [1.29, 1.82) is 0 Å². The Balaban J connectivity index is 1.40. The van der Waals surface area contributed by atoms with Crippen molar-refractivity contribution in [2.75, 3.05) is 21.5 Å². The van der Waals surface area contributed by atoms with Crippen molar-refractivity contribution in [2.45, 2.75) is 25.2 Å². The maximum atomic E-state index is 12.7. The van der Waals surface area contributed by atoms with Crippen LogP contribution in [0.3, 0.4) is 0 Å². The predicted molar refractivity (Wildman–Crippen MR) is 124 cm³/mol. The highest BCUT2D eigenvalue weighted by Gasteiger charge is 2.35. The van der Waals surface area contributed by atoms with Crippen LogP contribution in [0.4, 0.5) is 16.5 Å². The molecule has 1 aromatic heterocycles. The summed E-state index contributed by atoms with van der Waals surface area (Å²) in [6, 6.07) is 11.7. The fourth-order valence-corrected chi connectivity index (χ4v) is 5.22. The Kier molecular flexibility index (Phi) is 5.98. The van der Waals surface area contributed by atoms with Crippen molar-refractivity contribution in [1.82, 2.24) is 4.98 Å². The first kappa shape index (κ1) is 22.0. The molecule has 2 N–H and O–H groups in total. The van der Waals surface area contributed by atoms with Gasteiger partial charge in [-0.25, -0.2) is 13.4 Å². The van der Waals surface area contributed by atoms with Gasteiger partial charge in [-0.1, -0.05) is 6.07 Å². The molecule has 2 heterocycles. The fourth-order valence-electron chi connectivity index (χ4n) is 3.44. The second-order valence-corrected chi connectivity index (χ2v) is 10.2. The quantitative estimate of drug-likeness (QED) is 0.573. The summed E-state index contributed by atoms with van der Waals surface area (Å²) in [7, 11) is -3.76. The van der Waals surface area contributed by atoms with E-state index < -0.39 is 15.9 Å². The minimum atomic E-state index is -3.76. The minimum absolute atomic E-state index is 0.0580. The maximum Gasteiger partial charge on any atom is 0.263 e. The zero-order valence-electron chi connectivity index (χ0n) is 17.5. The first-order valence-corrected chi connectivity index (χ1v) is 12.3. The number of benzene rings is 2. The van der Waals surface area contributed by atoms with E-state index in [-0.39, 0.29) is 28.3 Å². The van der Waals surface area contributed by atoms with Gasteiger partial charge in [0.1, 0.15) is 0 Å². The Labute approximate surface area is 190 Å². The van der Waals surface area contributed by atoms with E-state index in [1.165, 1.54) is 41.8 Å². The van der Waals surface area contributed by atoms with Crippen LogP contribution in [-0.2, 0) is 19.6 Å². The smallest absolute Gasteiger partial charge is 0.263 e. The minimum Gasteiger partial charge on any atom is -0.326 e. The molecule has 0 unspecified atom stereocenters. The number of amides is 2. The van der Waals surface area contributed by atoms with E-state index in [4.69, 9.17) is 0 Å². The molecule has 0 saturated carbocycles. The van der Waals surface area contributed by atoms with Crippen LogP contribution in [0.2, 0.25) is 0 Å². The number of nitrogens with one attached hydrogen (secondary N) is 2. The SMILES string of the molecule is Cc1ccc(N2C[C@@H](C(=O)Nc3ccc(S(=O)(=O)Nc4nccs4)cc3)CC2=O)cc1C. The Bertz CT molecular complexity index is 1260. The molecule has 1 aliphatic heterocycles. The molecule has 2 amide bonds. The number of hydrogen-bond donors (Lipinski definition) is 2. The van der Waals surface area contributed by atoms with Gasteiger partial charge in [0.15, 0.2) is 5.13 Å². The van der Waals surface area contributed by atoms with Crippen LogP contribution in [0.5, 0.6) is 0 Å².